The lowest BCUT2D eigenvalue weighted by Crippen LogP contribution is -2.51. The minimum Gasteiger partial charge on any atom is -0.492 e. The highest BCUT2D eigenvalue weighted by molar-refractivity contribution is 5.70. The Labute approximate surface area is 322 Å². The van der Waals surface area contributed by atoms with Crippen LogP contribution in [0.1, 0.15) is 98.0 Å². The van der Waals surface area contributed by atoms with Crippen molar-refractivity contribution in [1.82, 2.24) is 26.0 Å². The summed E-state index contributed by atoms with van der Waals surface area (Å²) in [5.41, 5.74) is 1.34. The fourth-order valence-corrected chi connectivity index (χ4v) is 13.5. The lowest BCUT2D eigenvalue weighted by Gasteiger charge is -2.36. The topological polar surface area (TPSA) is 144 Å². The predicted molar refractivity (Wildman–Crippen MR) is 206 cm³/mol. The van der Waals surface area contributed by atoms with E-state index in [4.69, 9.17) is 4.84 Å². The fourth-order valence-electron chi connectivity index (χ4n) is 13.5. The number of aromatic hydroxyl groups is 2. The van der Waals surface area contributed by atoms with E-state index in [1.54, 1.807) is 0 Å². The molecule has 0 spiro atoms. The number of hydrogen-bond acceptors (Lipinski definition) is 9. The summed E-state index contributed by atoms with van der Waals surface area (Å²) in [6, 6.07) is 9.64. The monoisotopic (exact) mass is 748 g/mol. The molecule has 2 aromatic heterocycles. The third kappa shape index (κ3) is 6.47. The first-order valence-electron chi connectivity index (χ1n) is 21.4. The largest absolute Gasteiger partial charge is 0.492 e. The number of carbonyl (C=O) groups is 1. The van der Waals surface area contributed by atoms with Crippen molar-refractivity contribution in [3.05, 3.63) is 42.2 Å². The number of aryl methyl sites for hydroxylation is 1. The van der Waals surface area contributed by atoms with Crippen molar-refractivity contribution in [2.75, 3.05) is 0 Å². The number of nitrogens with zero attached hydrogens (tertiary/aromatic N) is 2. The summed E-state index contributed by atoms with van der Waals surface area (Å²) in [4.78, 5) is 18.8. The number of pyridine rings is 1. The van der Waals surface area contributed by atoms with E-state index in [1.165, 1.54) is 24.1 Å². The Hall–Kier alpha value is -2.70. The van der Waals surface area contributed by atoms with E-state index in [9.17, 15) is 20.1 Å². The summed E-state index contributed by atoms with van der Waals surface area (Å²) >= 11 is 0. The predicted octanol–water partition coefficient (Wildman–Crippen LogP) is 3.61. The van der Waals surface area contributed by atoms with Crippen LogP contribution < -0.4 is 30.7 Å². The minimum atomic E-state index is -0.490. The Morgan fingerprint density at radius 3 is 1.98 bits per heavy atom. The number of aromatic nitrogens is 2. The van der Waals surface area contributed by atoms with Gasteiger partial charge in [0.15, 0.2) is 12.4 Å². The smallest absolute Gasteiger partial charge is 0.333 e. The number of nitrogens with one attached hydrogen (secondary N) is 4. The normalized spacial score (nSPS) is 45.6. The summed E-state index contributed by atoms with van der Waals surface area (Å²) < 4.78 is 2.90. The molecule has 298 valence electrons. The number of aliphatic hydroxyl groups excluding tert-OH is 1. The Balaban J connectivity index is 1.18. The van der Waals surface area contributed by atoms with Crippen LogP contribution in [0, 0.1) is 53.3 Å². The maximum Gasteiger partial charge on any atom is 0.333 e. The van der Waals surface area contributed by atoms with Crippen molar-refractivity contribution >= 4 is 5.97 Å². The van der Waals surface area contributed by atoms with E-state index in [0.29, 0.717) is 60.2 Å². The lowest BCUT2D eigenvalue weighted by atomic mass is 9.71. The molecule has 11 heteroatoms. The SMILES string of the molecule is CCC1C2CC3NC4C(CC(O)C4C3C)C3NC(C(c4cc[n+](C)cc4)C4NC(CC(N2)C1C)C(CC)C4C)[C@@H](C)[C@@H]3CCC(=O)On1c(O)ccc1O. The molecule has 54 heavy (non-hydrogen) atoms. The van der Waals surface area contributed by atoms with Crippen LogP contribution in [0.15, 0.2) is 36.7 Å². The van der Waals surface area contributed by atoms with E-state index >= 15 is 0 Å². The van der Waals surface area contributed by atoms with Crippen LogP contribution in [-0.4, -0.2) is 80.5 Å². The number of rotatable bonds is 7. The van der Waals surface area contributed by atoms with Gasteiger partial charge in [-0.25, -0.2) is 9.36 Å². The molecule has 17 unspecified atom stereocenters. The molecule has 19 atom stereocenters. The highest BCUT2D eigenvalue weighted by Gasteiger charge is 2.60. The maximum atomic E-state index is 13.3. The molecule has 6 aliphatic rings. The van der Waals surface area contributed by atoms with Crippen molar-refractivity contribution in [3.63, 3.8) is 0 Å². The third-order valence-electron chi connectivity index (χ3n) is 16.2. The van der Waals surface area contributed by atoms with Crippen molar-refractivity contribution < 1.29 is 29.5 Å². The van der Waals surface area contributed by atoms with Crippen LogP contribution in [0.4, 0.5) is 0 Å². The molecular weight excluding hydrogens is 681 g/mol. The molecule has 5 saturated heterocycles. The van der Waals surface area contributed by atoms with E-state index in [-0.39, 0.29) is 78.0 Å². The molecule has 6 fully saturated rings. The van der Waals surface area contributed by atoms with E-state index < -0.39 is 5.97 Å². The van der Waals surface area contributed by atoms with Gasteiger partial charge in [-0.15, -0.1) is 4.73 Å². The number of aliphatic hydroxyl groups is 1. The second-order valence-electron chi connectivity index (χ2n) is 18.6. The van der Waals surface area contributed by atoms with Crippen molar-refractivity contribution in [2.24, 2.45) is 60.3 Å². The van der Waals surface area contributed by atoms with Gasteiger partial charge in [0.1, 0.15) is 7.05 Å². The van der Waals surface area contributed by atoms with Gasteiger partial charge in [-0.05, 0) is 78.6 Å². The molecule has 1 aliphatic carbocycles. The van der Waals surface area contributed by atoms with Gasteiger partial charge in [0.05, 0.1) is 6.10 Å². The van der Waals surface area contributed by atoms with Crippen molar-refractivity contribution in [3.8, 4) is 11.8 Å². The van der Waals surface area contributed by atoms with Crippen molar-refractivity contribution in [1.29, 1.82) is 0 Å². The standard InChI is InChI=1S/C43H66N6O5/c1-8-26-21(3)30-19-33-27(9-2)22(4)40(46-33)39(25-14-16-48(7)17-15-25)41-23(5)28(10-13-37(53)54-49-35(51)11-12-36(49)52)42(47-41)29-18-34(50)38-24(6)31(45-43(29)38)20-32(26)44-30/h11-12,14-17,21-24,26-34,38-47,50H,8-10,13,18-20H2,1-7H3,(H-,51,52)/p+1/t21?,22?,23-,24?,26?,27?,28-,29?,30?,31?,32?,33?,34?,38?,39?,40?,41?,42?,43?/m0/s1. The summed E-state index contributed by atoms with van der Waals surface area (Å²) in [7, 11) is 2.08. The zero-order valence-corrected chi connectivity index (χ0v) is 33.4. The van der Waals surface area contributed by atoms with Gasteiger partial charge in [0.2, 0.25) is 11.8 Å². The molecule has 11 nitrogen and oxygen atoms in total. The molecule has 2 aromatic rings. The average Bonchev–Trinajstić information content (AvgIpc) is 3.96. The Kier molecular flexibility index (Phi) is 10.6. The number of fused-ring (bicyclic) bond motifs is 8. The average molecular weight is 748 g/mol. The highest BCUT2D eigenvalue weighted by Crippen LogP contribution is 2.52. The molecule has 0 amide bonds. The van der Waals surface area contributed by atoms with E-state index in [0.717, 1.165) is 30.4 Å². The first kappa shape index (κ1) is 38.2. The van der Waals surface area contributed by atoms with Gasteiger partial charge in [-0.2, -0.15) is 0 Å². The Morgan fingerprint density at radius 2 is 1.31 bits per heavy atom. The van der Waals surface area contributed by atoms with E-state index in [1.807, 2.05) is 0 Å². The summed E-state index contributed by atoms with van der Waals surface area (Å²) in [5, 5.41) is 49.2. The second-order valence-corrected chi connectivity index (χ2v) is 18.6. The molecule has 0 radical (unpaired) electrons. The van der Waals surface area contributed by atoms with Crippen LogP contribution in [-0.2, 0) is 11.8 Å². The number of hydrogen-bond donors (Lipinski definition) is 7. The molecule has 7 heterocycles. The van der Waals surface area contributed by atoms with Gasteiger partial charge >= 0.3 is 5.97 Å². The first-order valence-corrected chi connectivity index (χ1v) is 21.4. The van der Waals surface area contributed by atoms with Crippen LogP contribution in [0.2, 0.25) is 0 Å². The highest BCUT2D eigenvalue weighted by atomic mass is 16.7. The van der Waals surface area contributed by atoms with Gasteiger partial charge in [0, 0.05) is 90.9 Å². The van der Waals surface area contributed by atoms with Crippen LogP contribution in [0.3, 0.4) is 0 Å². The molecule has 8 bridgehead atoms. The Morgan fingerprint density at radius 1 is 0.741 bits per heavy atom. The summed E-state index contributed by atoms with van der Waals surface area (Å²) in [6.45, 7) is 14.5. The molecule has 8 rings (SSSR count). The second kappa shape index (κ2) is 15.0. The van der Waals surface area contributed by atoms with Gasteiger partial charge in [-0.3, -0.25) is 0 Å². The van der Waals surface area contributed by atoms with Gasteiger partial charge in [0.25, 0.3) is 0 Å². The molecule has 5 aliphatic heterocycles. The van der Waals surface area contributed by atoms with Gasteiger partial charge in [-0.1, -0.05) is 54.4 Å². The molecular formula is C43H67N6O5+. The zero-order chi connectivity index (χ0) is 38.2. The number of carbonyl (C=O) groups excluding carboxylic acids is 1. The van der Waals surface area contributed by atoms with Crippen LogP contribution in [0.25, 0.3) is 0 Å². The lowest BCUT2D eigenvalue weighted by molar-refractivity contribution is -0.671. The maximum absolute atomic E-state index is 13.3. The van der Waals surface area contributed by atoms with Crippen molar-refractivity contribution in [2.45, 2.75) is 147 Å². The first-order chi connectivity index (χ1) is 25.9. The molecule has 1 saturated carbocycles. The quantitative estimate of drug-likeness (QED) is 0.212. The summed E-state index contributed by atoms with van der Waals surface area (Å²) in [5.74, 6) is 2.52. The van der Waals surface area contributed by atoms with Crippen LogP contribution in [0.5, 0.6) is 11.8 Å². The molecule has 0 aromatic carbocycles. The third-order valence-corrected chi connectivity index (χ3v) is 16.2. The van der Waals surface area contributed by atoms with Crippen LogP contribution >= 0.6 is 0 Å². The summed E-state index contributed by atoms with van der Waals surface area (Å²) in [6.07, 6.45) is 10.0. The van der Waals surface area contributed by atoms with E-state index in [2.05, 4.69) is 99.0 Å². The Bertz CT molecular complexity index is 1620. The fraction of sp³-hybridized carbons (Fsp3) is 0.767. The zero-order valence-electron chi connectivity index (χ0n) is 33.4. The minimum absolute atomic E-state index is 0.0939. The molecule has 7 N–H and O–H groups in total. The van der Waals surface area contributed by atoms with Gasteiger partial charge < -0.3 is 41.4 Å².